The summed E-state index contributed by atoms with van der Waals surface area (Å²) in [6.45, 7) is 3.54. The lowest BCUT2D eigenvalue weighted by atomic mass is 10.1. The highest BCUT2D eigenvalue weighted by molar-refractivity contribution is 5.63. The molecular weight excluding hydrogens is 260 g/mol. The van der Waals surface area contributed by atoms with E-state index in [-0.39, 0.29) is 22.9 Å². The predicted octanol–water partition coefficient (Wildman–Crippen LogP) is 4.35. The highest BCUT2D eigenvalue weighted by Crippen LogP contribution is 2.32. The zero-order chi connectivity index (χ0) is 14.2. The molecule has 2 aromatic rings. The monoisotopic (exact) mass is 272 g/mol. The second kappa shape index (κ2) is 5.03. The number of alkyl halides is 2. The quantitative estimate of drug-likeness (QED) is 0.760. The Labute approximate surface area is 107 Å². The van der Waals surface area contributed by atoms with Crippen LogP contribution in [0.3, 0.4) is 0 Å². The zero-order valence-corrected chi connectivity index (χ0v) is 10.4. The average Bonchev–Trinajstić information content (AvgIpc) is 2.73. The van der Waals surface area contributed by atoms with E-state index in [9.17, 15) is 17.6 Å². The van der Waals surface area contributed by atoms with Crippen LogP contribution in [-0.2, 0) is 0 Å². The Bertz CT molecular complexity index is 590. The van der Waals surface area contributed by atoms with Gasteiger partial charge in [-0.3, -0.25) is 4.68 Å². The first-order chi connectivity index (χ1) is 8.90. The van der Waals surface area contributed by atoms with Crippen molar-refractivity contribution in [3.63, 3.8) is 0 Å². The van der Waals surface area contributed by atoms with Gasteiger partial charge in [0.1, 0.15) is 17.3 Å². The van der Waals surface area contributed by atoms with E-state index < -0.39 is 18.1 Å². The summed E-state index contributed by atoms with van der Waals surface area (Å²) < 4.78 is 53.7. The molecule has 0 fully saturated rings. The largest absolute Gasteiger partial charge is 0.269 e. The van der Waals surface area contributed by atoms with Gasteiger partial charge < -0.3 is 0 Å². The Morgan fingerprint density at radius 2 is 1.84 bits per heavy atom. The van der Waals surface area contributed by atoms with Crippen molar-refractivity contribution in [1.82, 2.24) is 9.78 Å². The number of benzene rings is 1. The maximum atomic E-state index is 13.7. The molecule has 0 aliphatic heterocycles. The van der Waals surface area contributed by atoms with Crippen LogP contribution >= 0.6 is 0 Å². The molecule has 1 aromatic carbocycles. The molecule has 0 amide bonds. The molecule has 2 rings (SSSR count). The number of nitrogens with zero attached hydrogens (tertiary/aromatic N) is 2. The van der Waals surface area contributed by atoms with Crippen molar-refractivity contribution < 1.29 is 17.6 Å². The Morgan fingerprint density at radius 1 is 1.16 bits per heavy atom. The number of hydrogen-bond acceptors (Lipinski definition) is 1. The summed E-state index contributed by atoms with van der Waals surface area (Å²) in [5.74, 6) is -1.67. The van der Waals surface area contributed by atoms with Crippen molar-refractivity contribution in [2.24, 2.45) is 0 Å². The second-order valence-corrected chi connectivity index (χ2v) is 4.43. The van der Waals surface area contributed by atoms with E-state index in [0.717, 1.165) is 12.1 Å². The van der Waals surface area contributed by atoms with Gasteiger partial charge in [-0.05, 0) is 26.0 Å². The summed E-state index contributed by atoms with van der Waals surface area (Å²) in [5, 5.41) is 3.97. The summed E-state index contributed by atoms with van der Waals surface area (Å²) in [6, 6.07) is 2.65. The molecular formula is C13H12F4N2. The smallest absolute Gasteiger partial charge is 0.267 e. The Morgan fingerprint density at radius 3 is 2.37 bits per heavy atom. The van der Waals surface area contributed by atoms with Gasteiger partial charge in [-0.15, -0.1) is 0 Å². The van der Waals surface area contributed by atoms with Gasteiger partial charge in [-0.1, -0.05) is 0 Å². The molecule has 0 saturated carbocycles. The Hall–Kier alpha value is -1.85. The summed E-state index contributed by atoms with van der Waals surface area (Å²) in [6.07, 6.45) is -1.58. The third kappa shape index (κ3) is 2.62. The zero-order valence-electron chi connectivity index (χ0n) is 10.4. The van der Waals surface area contributed by atoms with Gasteiger partial charge >= 0.3 is 0 Å². The van der Waals surface area contributed by atoms with Crippen LogP contribution in [0.15, 0.2) is 24.4 Å². The van der Waals surface area contributed by atoms with E-state index in [1.54, 1.807) is 13.8 Å². The molecule has 0 bridgehead atoms. The minimum absolute atomic E-state index is 0.129. The van der Waals surface area contributed by atoms with Crippen LogP contribution in [0, 0.1) is 11.6 Å². The third-order valence-electron chi connectivity index (χ3n) is 2.71. The maximum Gasteiger partial charge on any atom is 0.267 e. The van der Waals surface area contributed by atoms with Crippen LogP contribution in [0.1, 0.15) is 31.9 Å². The summed E-state index contributed by atoms with van der Waals surface area (Å²) in [4.78, 5) is 0. The highest BCUT2D eigenvalue weighted by Gasteiger charge is 2.22. The average molecular weight is 272 g/mol. The van der Waals surface area contributed by atoms with E-state index >= 15 is 0 Å². The van der Waals surface area contributed by atoms with Crippen LogP contribution < -0.4 is 0 Å². The van der Waals surface area contributed by atoms with Crippen LogP contribution in [0.5, 0.6) is 0 Å². The molecule has 0 spiro atoms. The first-order valence-corrected chi connectivity index (χ1v) is 5.72. The van der Waals surface area contributed by atoms with E-state index in [4.69, 9.17) is 0 Å². The predicted molar refractivity (Wildman–Crippen MR) is 62.9 cm³/mol. The van der Waals surface area contributed by atoms with E-state index in [1.807, 2.05) is 0 Å². The van der Waals surface area contributed by atoms with E-state index in [0.29, 0.717) is 6.07 Å². The number of halogens is 4. The van der Waals surface area contributed by atoms with Crippen LogP contribution in [0.25, 0.3) is 11.3 Å². The molecule has 1 aromatic heterocycles. The lowest BCUT2D eigenvalue weighted by Crippen LogP contribution is -2.01. The molecule has 0 N–H and O–H groups in total. The lowest BCUT2D eigenvalue weighted by Gasteiger charge is -2.04. The first kappa shape index (κ1) is 13.6. The van der Waals surface area contributed by atoms with E-state index in [1.165, 1.54) is 10.9 Å². The Kier molecular flexibility index (Phi) is 3.59. The normalized spacial score (nSPS) is 11.6. The van der Waals surface area contributed by atoms with Crippen molar-refractivity contribution in [3.8, 4) is 11.3 Å². The third-order valence-corrected chi connectivity index (χ3v) is 2.71. The summed E-state index contributed by atoms with van der Waals surface area (Å²) in [5.41, 5.74) is -0.642. The summed E-state index contributed by atoms with van der Waals surface area (Å²) in [7, 11) is 0. The minimum Gasteiger partial charge on any atom is -0.269 e. The van der Waals surface area contributed by atoms with Gasteiger partial charge in [0.15, 0.2) is 0 Å². The molecule has 0 unspecified atom stereocenters. The lowest BCUT2D eigenvalue weighted by molar-refractivity contribution is 0.152. The molecule has 19 heavy (non-hydrogen) atoms. The molecule has 0 aliphatic rings. The van der Waals surface area contributed by atoms with Gasteiger partial charge in [-0.2, -0.15) is 5.10 Å². The van der Waals surface area contributed by atoms with Crippen molar-refractivity contribution in [2.45, 2.75) is 26.3 Å². The molecule has 6 heteroatoms. The summed E-state index contributed by atoms with van der Waals surface area (Å²) >= 11 is 0. The molecule has 1 heterocycles. The van der Waals surface area contributed by atoms with Crippen LogP contribution in [0.4, 0.5) is 17.6 Å². The Balaban J connectivity index is 2.60. The van der Waals surface area contributed by atoms with Gasteiger partial charge in [0, 0.05) is 23.9 Å². The van der Waals surface area contributed by atoms with Crippen molar-refractivity contribution in [1.29, 1.82) is 0 Å². The maximum absolute atomic E-state index is 13.7. The van der Waals surface area contributed by atoms with Crippen molar-refractivity contribution in [2.75, 3.05) is 0 Å². The van der Waals surface area contributed by atoms with Crippen LogP contribution in [-0.4, -0.2) is 9.78 Å². The van der Waals surface area contributed by atoms with Gasteiger partial charge in [0.2, 0.25) is 0 Å². The first-order valence-electron chi connectivity index (χ1n) is 5.72. The second-order valence-electron chi connectivity index (χ2n) is 4.43. The fraction of sp³-hybridized carbons (Fsp3) is 0.308. The van der Waals surface area contributed by atoms with Crippen molar-refractivity contribution in [3.05, 3.63) is 41.6 Å². The van der Waals surface area contributed by atoms with Gasteiger partial charge in [0.05, 0.1) is 5.56 Å². The number of aromatic nitrogens is 2. The molecule has 2 nitrogen and oxygen atoms in total. The fourth-order valence-electron chi connectivity index (χ4n) is 1.72. The minimum atomic E-state index is -2.77. The standard InChI is InChI=1S/C13H12F4N2/c1-7(2)19-6-10(13(16)17)12(18-19)9-4-3-8(14)5-11(9)15/h3-7,13H,1-2H3. The topological polar surface area (TPSA) is 17.8 Å². The fourth-order valence-corrected chi connectivity index (χ4v) is 1.72. The number of hydrogen-bond donors (Lipinski definition) is 0. The molecule has 0 atom stereocenters. The van der Waals surface area contributed by atoms with Crippen molar-refractivity contribution >= 4 is 0 Å². The molecule has 0 radical (unpaired) electrons. The SMILES string of the molecule is CC(C)n1cc(C(F)F)c(-c2ccc(F)cc2F)n1. The molecule has 0 saturated heterocycles. The van der Waals surface area contributed by atoms with Crippen LogP contribution in [0.2, 0.25) is 0 Å². The molecule has 102 valence electrons. The molecule has 0 aliphatic carbocycles. The number of rotatable bonds is 3. The highest BCUT2D eigenvalue weighted by atomic mass is 19.3. The van der Waals surface area contributed by atoms with E-state index in [2.05, 4.69) is 5.10 Å². The van der Waals surface area contributed by atoms with Gasteiger partial charge in [-0.25, -0.2) is 17.6 Å². The van der Waals surface area contributed by atoms with Gasteiger partial charge in [0.25, 0.3) is 6.43 Å².